The Balaban J connectivity index is 1.58. The molecule has 1 atom stereocenters. The smallest absolute Gasteiger partial charge is 0.242 e. The zero-order valence-electron chi connectivity index (χ0n) is 15.0. The van der Waals surface area contributed by atoms with E-state index in [4.69, 9.17) is 4.74 Å². The third-order valence-electron chi connectivity index (χ3n) is 5.24. The molecular formula is C19H20N6O2. The van der Waals surface area contributed by atoms with Gasteiger partial charge in [0, 0.05) is 12.1 Å². The number of rotatable bonds is 5. The van der Waals surface area contributed by atoms with E-state index in [-0.39, 0.29) is 11.9 Å². The predicted octanol–water partition coefficient (Wildman–Crippen LogP) is 1.98. The molecule has 3 heterocycles. The van der Waals surface area contributed by atoms with Crippen LogP contribution in [-0.4, -0.2) is 45.2 Å². The number of hydrogen-bond acceptors (Lipinski definition) is 6. The van der Waals surface area contributed by atoms with Crippen LogP contribution in [0.5, 0.6) is 5.75 Å². The number of anilines is 1. The number of carbonyl (C=O) groups excluding carboxylic acids is 1. The number of nitrogens with one attached hydrogen (secondary N) is 2. The number of nitrogens with zero attached hydrogens (tertiary/aromatic N) is 4. The van der Waals surface area contributed by atoms with E-state index in [0.717, 1.165) is 28.9 Å². The van der Waals surface area contributed by atoms with E-state index in [1.54, 1.807) is 19.6 Å². The summed E-state index contributed by atoms with van der Waals surface area (Å²) in [6, 6.07) is 5.79. The molecule has 1 aliphatic carbocycles. The molecule has 8 heteroatoms. The summed E-state index contributed by atoms with van der Waals surface area (Å²) in [7, 11) is 1.68. The fourth-order valence-corrected chi connectivity index (χ4v) is 3.63. The van der Waals surface area contributed by atoms with Crippen LogP contribution in [0.3, 0.4) is 0 Å². The summed E-state index contributed by atoms with van der Waals surface area (Å²) in [5.41, 5.74) is 3.94. The highest BCUT2D eigenvalue weighted by atomic mass is 16.5. The molecule has 2 fully saturated rings. The van der Waals surface area contributed by atoms with Crippen molar-refractivity contribution < 1.29 is 9.53 Å². The number of ether oxygens (including phenoxy) is 1. The molecule has 2 aliphatic rings. The van der Waals surface area contributed by atoms with E-state index in [2.05, 4.69) is 31.9 Å². The van der Waals surface area contributed by atoms with Crippen molar-refractivity contribution in [3.8, 4) is 17.0 Å². The Morgan fingerprint density at radius 2 is 2.15 bits per heavy atom. The lowest BCUT2D eigenvalue weighted by atomic mass is 9.99. The zero-order chi connectivity index (χ0) is 18.4. The first-order valence-corrected chi connectivity index (χ1v) is 9.16. The monoisotopic (exact) mass is 364 g/mol. The van der Waals surface area contributed by atoms with Crippen molar-refractivity contribution in [1.29, 1.82) is 0 Å². The van der Waals surface area contributed by atoms with Crippen molar-refractivity contribution in [2.75, 3.05) is 19.0 Å². The van der Waals surface area contributed by atoms with Crippen molar-refractivity contribution >= 4 is 17.4 Å². The van der Waals surface area contributed by atoms with E-state index in [9.17, 15) is 4.79 Å². The average molecular weight is 364 g/mol. The van der Waals surface area contributed by atoms with Crippen molar-refractivity contribution in [3.63, 3.8) is 0 Å². The standard InChI is InChI=1S/C19H20N6O2/c1-27-12-4-5-13(14(8-12)11-2-3-11)17-16-9-20-10-25(16)19(24-23-17)22-15-6-7-21-18(15)26/h4-5,8-11,15H,2-3,6-7H2,1H3,(H,21,26)(H,22,24). The Kier molecular flexibility index (Phi) is 3.70. The van der Waals surface area contributed by atoms with Gasteiger partial charge in [-0.05, 0) is 48.9 Å². The maximum atomic E-state index is 11.9. The van der Waals surface area contributed by atoms with Crippen molar-refractivity contribution in [2.45, 2.75) is 31.2 Å². The first-order valence-electron chi connectivity index (χ1n) is 9.16. The molecule has 0 spiro atoms. The molecule has 1 aliphatic heterocycles. The molecule has 1 aromatic carbocycles. The van der Waals surface area contributed by atoms with Gasteiger partial charge in [-0.25, -0.2) is 4.98 Å². The van der Waals surface area contributed by atoms with Crippen LogP contribution in [0.4, 0.5) is 5.95 Å². The number of imidazole rings is 1. The van der Waals surface area contributed by atoms with Crippen LogP contribution in [0.1, 0.15) is 30.7 Å². The highest BCUT2D eigenvalue weighted by Gasteiger charge is 2.29. The van der Waals surface area contributed by atoms with Gasteiger partial charge in [-0.2, -0.15) is 0 Å². The van der Waals surface area contributed by atoms with Crippen LogP contribution in [0.2, 0.25) is 0 Å². The topological polar surface area (TPSA) is 93.4 Å². The molecule has 0 radical (unpaired) electrons. The van der Waals surface area contributed by atoms with Gasteiger partial charge in [0.05, 0.1) is 18.8 Å². The van der Waals surface area contributed by atoms with Gasteiger partial charge in [0.25, 0.3) is 0 Å². The van der Waals surface area contributed by atoms with E-state index in [0.29, 0.717) is 18.4 Å². The summed E-state index contributed by atoms with van der Waals surface area (Å²) in [5.74, 6) is 1.90. The minimum atomic E-state index is -0.293. The van der Waals surface area contributed by atoms with E-state index in [1.165, 1.54) is 18.4 Å². The molecule has 2 N–H and O–H groups in total. The molecule has 27 heavy (non-hydrogen) atoms. The van der Waals surface area contributed by atoms with E-state index in [1.807, 2.05) is 16.5 Å². The van der Waals surface area contributed by atoms with Gasteiger partial charge in [-0.3, -0.25) is 9.20 Å². The first kappa shape index (κ1) is 16.0. The van der Waals surface area contributed by atoms with Crippen molar-refractivity contribution in [1.82, 2.24) is 24.9 Å². The van der Waals surface area contributed by atoms with Crippen LogP contribution in [0.15, 0.2) is 30.7 Å². The predicted molar refractivity (Wildman–Crippen MR) is 99.8 cm³/mol. The van der Waals surface area contributed by atoms with Gasteiger partial charge in [-0.1, -0.05) is 0 Å². The highest BCUT2D eigenvalue weighted by Crippen LogP contribution is 2.45. The van der Waals surface area contributed by atoms with Gasteiger partial charge in [0.15, 0.2) is 0 Å². The molecule has 1 saturated heterocycles. The van der Waals surface area contributed by atoms with Gasteiger partial charge in [-0.15, -0.1) is 10.2 Å². The molecule has 2 aromatic heterocycles. The maximum Gasteiger partial charge on any atom is 0.242 e. The lowest BCUT2D eigenvalue weighted by Crippen LogP contribution is -2.30. The molecule has 1 unspecified atom stereocenters. The Hall–Kier alpha value is -3.16. The van der Waals surface area contributed by atoms with Crippen LogP contribution in [-0.2, 0) is 4.79 Å². The van der Waals surface area contributed by atoms with E-state index < -0.39 is 0 Å². The van der Waals surface area contributed by atoms with Crippen molar-refractivity contribution in [2.24, 2.45) is 0 Å². The van der Waals surface area contributed by atoms with Crippen LogP contribution in [0.25, 0.3) is 16.8 Å². The first-order chi connectivity index (χ1) is 13.2. The summed E-state index contributed by atoms with van der Waals surface area (Å²) in [5, 5.41) is 14.9. The lowest BCUT2D eigenvalue weighted by Gasteiger charge is -2.14. The third kappa shape index (κ3) is 2.77. The highest BCUT2D eigenvalue weighted by molar-refractivity contribution is 5.86. The second kappa shape index (κ2) is 6.22. The Morgan fingerprint density at radius 1 is 1.26 bits per heavy atom. The SMILES string of the molecule is COc1ccc(-c2nnc(NC3CCNC3=O)n3cncc23)c(C2CC2)c1. The maximum absolute atomic E-state index is 11.9. The number of methoxy groups -OCH3 is 1. The molecule has 3 aromatic rings. The second-order valence-electron chi connectivity index (χ2n) is 7.03. The minimum absolute atomic E-state index is 0.0136. The molecule has 0 bridgehead atoms. The molecule has 1 amide bonds. The zero-order valence-corrected chi connectivity index (χ0v) is 15.0. The molecule has 5 rings (SSSR count). The van der Waals surface area contributed by atoms with Gasteiger partial charge in [0.2, 0.25) is 11.9 Å². The lowest BCUT2D eigenvalue weighted by molar-refractivity contribution is -0.119. The molecule has 8 nitrogen and oxygen atoms in total. The van der Waals surface area contributed by atoms with Crippen LogP contribution in [0, 0.1) is 0 Å². The summed E-state index contributed by atoms with van der Waals surface area (Å²) >= 11 is 0. The van der Waals surface area contributed by atoms with Gasteiger partial charge in [0.1, 0.15) is 23.8 Å². The number of carbonyl (C=O) groups is 1. The average Bonchev–Trinajstić information content (AvgIpc) is 3.28. The molecule has 1 saturated carbocycles. The van der Waals surface area contributed by atoms with Gasteiger partial charge >= 0.3 is 0 Å². The normalized spacial score (nSPS) is 19.3. The number of hydrogen-bond donors (Lipinski definition) is 2. The number of fused-ring (bicyclic) bond motifs is 1. The summed E-state index contributed by atoms with van der Waals surface area (Å²) in [6.45, 7) is 0.672. The Morgan fingerprint density at radius 3 is 2.89 bits per heavy atom. The largest absolute Gasteiger partial charge is 0.497 e. The fraction of sp³-hybridized carbons (Fsp3) is 0.368. The second-order valence-corrected chi connectivity index (χ2v) is 7.03. The summed E-state index contributed by atoms with van der Waals surface area (Å²) < 4.78 is 7.25. The molecule has 138 valence electrons. The van der Waals surface area contributed by atoms with Crippen LogP contribution < -0.4 is 15.4 Å². The van der Waals surface area contributed by atoms with Crippen LogP contribution >= 0.6 is 0 Å². The summed E-state index contributed by atoms with van der Waals surface area (Å²) in [4.78, 5) is 16.2. The number of aromatic nitrogens is 4. The minimum Gasteiger partial charge on any atom is -0.497 e. The molecular weight excluding hydrogens is 344 g/mol. The Labute approximate surface area is 156 Å². The van der Waals surface area contributed by atoms with E-state index >= 15 is 0 Å². The van der Waals surface area contributed by atoms with Gasteiger partial charge < -0.3 is 15.4 Å². The fourth-order valence-electron chi connectivity index (χ4n) is 3.63. The quantitative estimate of drug-likeness (QED) is 0.719. The number of amides is 1. The number of benzene rings is 1. The summed E-state index contributed by atoms with van der Waals surface area (Å²) in [6.07, 6.45) is 6.57. The third-order valence-corrected chi connectivity index (χ3v) is 5.24. The van der Waals surface area contributed by atoms with Crippen molar-refractivity contribution in [3.05, 3.63) is 36.3 Å². The Bertz CT molecular complexity index is 1030.